The van der Waals surface area contributed by atoms with Crippen molar-refractivity contribution in [3.8, 4) is 5.69 Å². The Balaban J connectivity index is 1.47. The number of fused-ring (bicyclic) bond motifs is 18. The highest BCUT2D eigenvalue weighted by atomic mass is 32.1. The fourth-order valence-corrected chi connectivity index (χ4v) is 10.3. The smallest absolute Gasteiger partial charge is 0.0726 e. The van der Waals surface area contributed by atoms with E-state index in [1.807, 2.05) is 22.7 Å². The van der Waals surface area contributed by atoms with Gasteiger partial charge in [-0.3, -0.25) is 0 Å². The van der Waals surface area contributed by atoms with Crippen LogP contribution in [-0.4, -0.2) is 4.57 Å². The van der Waals surface area contributed by atoms with Crippen LogP contribution in [0.1, 0.15) is 0 Å². The number of aromatic nitrogens is 1. The van der Waals surface area contributed by atoms with Gasteiger partial charge in [0.1, 0.15) is 0 Å². The van der Waals surface area contributed by atoms with Crippen molar-refractivity contribution in [3.05, 3.63) is 140 Å². The summed E-state index contributed by atoms with van der Waals surface area (Å²) in [4.78, 5) is 0. The van der Waals surface area contributed by atoms with E-state index in [-0.39, 0.29) is 0 Å². The first-order chi connectivity index (χ1) is 22.3. The molecule has 0 bridgehead atoms. The second-order valence-corrected chi connectivity index (χ2v) is 14.1. The van der Waals surface area contributed by atoms with Crippen LogP contribution >= 0.6 is 22.7 Å². The first-order valence-electron chi connectivity index (χ1n) is 15.4. The van der Waals surface area contributed by atoms with Crippen LogP contribution in [0.3, 0.4) is 0 Å². The summed E-state index contributed by atoms with van der Waals surface area (Å²) in [5.41, 5.74) is 3.76. The van der Waals surface area contributed by atoms with Crippen molar-refractivity contribution in [3.63, 3.8) is 0 Å². The first-order valence-corrected chi connectivity index (χ1v) is 17.0. The normalized spacial score (nSPS) is 12.4. The lowest BCUT2D eigenvalue weighted by molar-refractivity contribution is 1.20. The highest BCUT2D eigenvalue weighted by Gasteiger charge is 2.24. The Morgan fingerprint density at radius 3 is 1.62 bits per heavy atom. The summed E-state index contributed by atoms with van der Waals surface area (Å²) in [6.07, 6.45) is 0. The standard InChI is InChI=1S/C42H23NS2/c1-3-14-28-25(11-1)26-12-2-4-15-29(26)38-37(28)39-30-16-5-8-18-33(30)43(41(39)42-40(38)31-17-7-10-20-35(31)45-42)24-21-22-36-32(23-24)27-13-6-9-19-34(27)44-36/h1-23H. The molecule has 0 N–H and O–H groups in total. The molecule has 11 rings (SSSR count). The Labute approximate surface area is 265 Å². The van der Waals surface area contributed by atoms with E-state index in [4.69, 9.17) is 0 Å². The van der Waals surface area contributed by atoms with Gasteiger partial charge in [-0.15, -0.1) is 22.7 Å². The molecule has 208 valence electrons. The van der Waals surface area contributed by atoms with E-state index in [2.05, 4.69) is 144 Å². The number of hydrogen-bond donors (Lipinski definition) is 0. The van der Waals surface area contributed by atoms with Crippen molar-refractivity contribution in [1.29, 1.82) is 0 Å². The topological polar surface area (TPSA) is 4.93 Å². The van der Waals surface area contributed by atoms with Crippen molar-refractivity contribution in [1.82, 2.24) is 4.57 Å². The number of nitrogens with zero attached hydrogens (tertiary/aromatic N) is 1. The fraction of sp³-hybridized carbons (Fsp3) is 0. The average Bonchev–Trinajstić information content (AvgIpc) is 3.78. The van der Waals surface area contributed by atoms with Crippen LogP contribution in [-0.2, 0) is 0 Å². The Morgan fingerprint density at radius 2 is 0.889 bits per heavy atom. The lowest BCUT2D eigenvalue weighted by Crippen LogP contribution is -1.94. The molecule has 0 atom stereocenters. The van der Waals surface area contributed by atoms with E-state index in [9.17, 15) is 0 Å². The predicted octanol–water partition coefficient (Wildman–Crippen LogP) is 13.0. The zero-order chi connectivity index (χ0) is 29.2. The molecule has 3 aromatic heterocycles. The van der Waals surface area contributed by atoms with Crippen molar-refractivity contribution < 1.29 is 0 Å². The highest BCUT2D eigenvalue weighted by Crippen LogP contribution is 2.52. The molecule has 3 heterocycles. The van der Waals surface area contributed by atoms with Crippen LogP contribution in [0.2, 0.25) is 0 Å². The fourth-order valence-electron chi connectivity index (χ4n) is 7.95. The minimum absolute atomic E-state index is 1.21. The molecule has 0 aliphatic rings. The van der Waals surface area contributed by atoms with Crippen LogP contribution in [0, 0.1) is 0 Å². The Kier molecular flexibility index (Phi) is 4.67. The van der Waals surface area contributed by atoms with Gasteiger partial charge in [-0.25, -0.2) is 0 Å². The van der Waals surface area contributed by atoms with Gasteiger partial charge < -0.3 is 4.57 Å². The molecule has 0 saturated carbocycles. The van der Waals surface area contributed by atoms with E-state index in [1.54, 1.807) is 0 Å². The minimum Gasteiger partial charge on any atom is -0.308 e. The molecule has 0 aliphatic heterocycles. The van der Waals surface area contributed by atoms with Crippen LogP contribution in [0.25, 0.3) is 100 Å². The Morgan fingerprint density at radius 1 is 0.356 bits per heavy atom. The summed E-state index contributed by atoms with van der Waals surface area (Å²) in [6, 6.07) is 51.9. The maximum atomic E-state index is 2.55. The number of thiophene rings is 2. The molecule has 45 heavy (non-hydrogen) atoms. The third-order valence-corrected chi connectivity index (χ3v) is 12.1. The van der Waals surface area contributed by atoms with E-state index in [0.717, 1.165) is 0 Å². The zero-order valence-electron chi connectivity index (χ0n) is 24.0. The second-order valence-electron chi connectivity index (χ2n) is 12.0. The molecule has 1 nitrogen and oxygen atoms in total. The summed E-state index contributed by atoms with van der Waals surface area (Å²) in [7, 11) is 0. The zero-order valence-corrected chi connectivity index (χ0v) is 25.7. The molecule has 11 aromatic rings. The van der Waals surface area contributed by atoms with Gasteiger partial charge in [-0.1, -0.05) is 103 Å². The van der Waals surface area contributed by atoms with E-state index >= 15 is 0 Å². The number of rotatable bonds is 1. The molecule has 0 saturated heterocycles. The summed E-state index contributed by atoms with van der Waals surface area (Å²) in [5.74, 6) is 0. The highest BCUT2D eigenvalue weighted by molar-refractivity contribution is 7.27. The van der Waals surface area contributed by atoms with Gasteiger partial charge in [0.15, 0.2) is 0 Å². The first kappa shape index (κ1) is 24.1. The van der Waals surface area contributed by atoms with Gasteiger partial charge in [0, 0.05) is 62.9 Å². The SMILES string of the molecule is c1ccc2c(c1)sc1ccc(-n3c4ccccc4c4c5c6ccccc6c6ccccc6c5c5c6ccccc6sc5c43)cc12. The monoisotopic (exact) mass is 605 g/mol. The largest absolute Gasteiger partial charge is 0.308 e. The van der Waals surface area contributed by atoms with Crippen LogP contribution < -0.4 is 0 Å². The van der Waals surface area contributed by atoms with E-state index in [0.29, 0.717) is 0 Å². The summed E-state index contributed by atoms with van der Waals surface area (Å²) < 4.78 is 7.90. The molecule has 0 spiro atoms. The molecule has 8 aromatic carbocycles. The molecule has 0 amide bonds. The summed E-state index contributed by atoms with van der Waals surface area (Å²) in [6.45, 7) is 0. The van der Waals surface area contributed by atoms with Crippen molar-refractivity contribution in [2.24, 2.45) is 0 Å². The van der Waals surface area contributed by atoms with Gasteiger partial charge in [0.2, 0.25) is 0 Å². The Bertz CT molecular complexity index is 3040. The number of benzene rings is 8. The quantitative estimate of drug-likeness (QED) is 0.164. The lowest BCUT2D eigenvalue weighted by Gasteiger charge is -2.15. The maximum absolute atomic E-state index is 2.55. The lowest BCUT2D eigenvalue weighted by atomic mass is 9.89. The predicted molar refractivity (Wildman–Crippen MR) is 199 cm³/mol. The van der Waals surface area contributed by atoms with Crippen molar-refractivity contribution >= 4 is 117 Å². The number of hydrogen-bond acceptors (Lipinski definition) is 2. The third-order valence-electron chi connectivity index (χ3n) is 9.74. The minimum atomic E-state index is 1.21. The van der Waals surface area contributed by atoms with Gasteiger partial charge in [0.05, 0.1) is 15.7 Å². The van der Waals surface area contributed by atoms with E-state index in [1.165, 1.54) is 100 Å². The molecule has 0 radical (unpaired) electrons. The molecule has 0 fully saturated rings. The second kappa shape index (κ2) is 8.70. The van der Waals surface area contributed by atoms with Crippen LogP contribution in [0.15, 0.2) is 140 Å². The number of para-hydroxylation sites is 1. The molecular weight excluding hydrogens is 583 g/mol. The van der Waals surface area contributed by atoms with Crippen LogP contribution in [0.5, 0.6) is 0 Å². The average molecular weight is 606 g/mol. The molecular formula is C42H23NS2. The van der Waals surface area contributed by atoms with Gasteiger partial charge in [-0.2, -0.15) is 0 Å². The third kappa shape index (κ3) is 3.07. The van der Waals surface area contributed by atoms with Crippen LogP contribution in [0.4, 0.5) is 0 Å². The van der Waals surface area contributed by atoms with Crippen molar-refractivity contribution in [2.45, 2.75) is 0 Å². The maximum Gasteiger partial charge on any atom is 0.0726 e. The Hall–Kier alpha value is -5.22. The van der Waals surface area contributed by atoms with Gasteiger partial charge in [-0.05, 0) is 57.9 Å². The van der Waals surface area contributed by atoms with Gasteiger partial charge >= 0.3 is 0 Å². The van der Waals surface area contributed by atoms with Gasteiger partial charge in [0.25, 0.3) is 0 Å². The van der Waals surface area contributed by atoms with Crippen molar-refractivity contribution in [2.75, 3.05) is 0 Å². The summed E-state index contributed by atoms with van der Waals surface area (Å²) in [5, 5.41) is 16.0. The molecule has 3 heteroatoms. The molecule has 0 unspecified atom stereocenters. The molecule has 0 aliphatic carbocycles. The van der Waals surface area contributed by atoms with E-state index < -0.39 is 0 Å². The summed E-state index contributed by atoms with van der Waals surface area (Å²) >= 11 is 3.81.